The van der Waals surface area contributed by atoms with E-state index in [9.17, 15) is 14.9 Å². The summed E-state index contributed by atoms with van der Waals surface area (Å²) in [5.41, 5.74) is 0.735. The zero-order valence-electron chi connectivity index (χ0n) is 14.1. The van der Waals surface area contributed by atoms with Crippen molar-refractivity contribution in [1.29, 1.82) is 5.26 Å². The molecule has 132 valence electrons. The zero-order chi connectivity index (χ0) is 17.6. The Hall–Kier alpha value is -2.59. The molecule has 3 rings (SSSR count). The van der Waals surface area contributed by atoms with Crippen LogP contribution in [0.5, 0.6) is 0 Å². The van der Waals surface area contributed by atoms with Gasteiger partial charge in [0.15, 0.2) is 0 Å². The molecule has 2 aliphatic rings. The topological polar surface area (TPSA) is 85.7 Å². The minimum absolute atomic E-state index is 0.0490. The number of carbonyl (C=O) groups is 2. The Morgan fingerprint density at radius 2 is 2.04 bits per heavy atom. The van der Waals surface area contributed by atoms with Gasteiger partial charge in [-0.25, -0.2) is 4.79 Å². The number of nitrogens with one attached hydrogen (secondary N) is 1. The number of nitriles is 1. The summed E-state index contributed by atoms with van der Waals surface area (Å²) in [4.78, 5) is 28.5. The molecule has 0 radical (unpaired) electrons. The fourth-order valence-corrected chi connectivity index (χ4v) is 3.30. The van der Waals surface area contributed by atoms with Crippen molar-refractivity contribution >= 4 is 17.6 Å². The molecule has 2 fully saturated rings. The quantitative estimate of drug-likeness (QED) is 0.886. The Morgan fingerprint density at radius 1 is 1.24 bits per heavy atom. The summed E-state index contributed by atoms with van der Waals surface area (Å²) in [7, 11) is 0. The van der Waals surface area contributed by atoms with Crippen molar-refractivity contribution in [3.8, 4) is 6.07 Å². The predicted octanol–water partition coefficient (Wildman–Crippen LogP) is 1.68. The van der Waals surface area contributed by atoms with Crippen molar-refractivity contribution in [2.45, 2.75) is 18.9 Å². The highest BCUT2D eigenvalue weighted by molar-refractivity contribution is 5.90. The SMILES string of the molecule is N#C[C@@H]1COCCN1C(=O)[C@H]1CCCN(C(=O)Nc2ccccc2)C1. The number of nitrogens with zero attached hydrogens (tertiary/aromatic N) is 3. The number of likely N-dealkylation sites (tertiary alicyclic amines) is 1. The van der Waals surface area contributed by atoms with Gasteiger partial charge in [0, 0.05) is 25.3 Å². The summed E-state index contributed by atoms with van der Waals surface area (Å²) < 4.78 is 5.28. The Balaban J connectivity index is 1.61. The molecule has 1 N–H and O–H groups in total. The van der Waals surface area contributed by atoms with Crippen molar-refractivity contribution in [1.82, 2.24) is 9.80 Å². The highest BCUT2D eigenvalue weighted by Crippen LogP contribution is 2.22. The van der Waals surface area contributed by atoms with Gasteiger partial charge in [0.05, 0.1) is 25.2 Å². The van der Waals surface area contributed by atoms with Gasteiger partial charge in [-0.15, -0.1) is 0 Å². The summed E-state index contributed by atoms with van der Waals surface area (Å²) in [5, 5.41) is 12.1. The molecule has 3 amide bonds. The van der Waals surface area contributed by atoms with Crippen LogP contribution >= 0.6 is 0 Å². The molecule has 0 spiro atoms. The van der Waals surface area contributed by atoms with Crippen LogP contribution < -0.4 is 5.32 Å². The number of para-hydroxylation sites is 1. The molecule has 1 aromatic rings. The third kappa shape index (κ3) is 4.09. The first kappa shape index (κ1) is 17.2. The van der Waals surface area contributed by atoms with Crippen molar-refractivity contribution in [3.05, 3.63) is 30.3 Å². The Bertz CT molecular complexity index is 658. The Labute approximate surface area is 147 Å². The van der Waals surface area contributed by atoms with E-state index in [0.29, 0.717) is 26.2 Å². The molecule has 1 aromatic carbocycles. The first-order valence-corrected chi connectivity index (χ1v) is 8.58. The number of amides is 3. The van der Waals surface area contributed by atoms with Crippen molar-refractivity contribution in [2.24, 2.45) is 5.92 Å². The van der Waals surface area contributed by atoms with Crippen LogP contribution in [0, 0.1) is 17.2 Å². The maximum absolute atomic E-state index is 12.8. The maximum atomic E-state index is 12.8. The van der Waals surface area contributed by atoms with Crippen LogP contribution in [0.25, 0.3) is 0 Å². The van der Waals surface area contributed by atoms with E-state index in [2.05, 4.69) is 11.4 Å². The van der Waals surface area contributed by atoms with Crippen LogP contribution in [-0.2, 0) is 9.53 Å². The second-order valence-corrected chi connectivity index (χ2v) is 6.33. The minimum atomic E-state index is -0.533. The molecule has 2 aliphatic heterocycles. The Morgan fingerprint density at radius 3 is 2.80 bits per heavy atom. The lowest BCUT2D eigenvalue weighted by Gasteiger charge is -2.37. The van der Waals surface area contributed by atoms with Crippen LogP contribution in [0.3, 0.4) is 0 Å². The molecule has 0 bridgehead atoms. The molecule has 7 nitrogen and oxygen atoms in total. The van der Waals surface area contributed by atoms with E-state index in [-0.39, 0.29) is 24.5 Å². The molecule has 0 aromatic heterocycles. The number of hydrogen-bond acceptors (Lipinski definition) is 4. The van der Waals surface area contributed by atoms with E-state index in [0.717, 1.165) is 18.5 Å². The van der Waals surface area contributed by atoms with Gasteiger partial charge in [-0.3, -0.25) is 4.79 Å². The van der Waals surface area contributed by atoms with Crippen molar-refractivity contribution in [3.63, 3.8) is 0 Å². The molecule has 2 saturated heterocycles. The molecule has 2 atom stereocenters. The van der Waals surface area contributed by atoms with Gasteiger partial charge in [-0.05, 0) is 25.0 Å². The highest BCUT2D eigenvalue weighted by atomic mass is 16.5. The number of urea groups is 1. The van der Waals surface area contributed by atoms with Crippen LogP contribution in [0.1, 0.15) is 12.8 Å². The summed E-state index contributed by atoms with van der Waals surface area (Å²) in [6.07, 6.45) is 1.52. The van der Waals surface area contributed by atoms with E-state index in [4.69, 9.17) is 4.74 Å². The number of piperidine rings is 1. The summed E-state index contributed by atoms with van der Waals surface area (Å²) >= 11 is 0. The lowest BCUT2D eigenvalue weighted by Crippen LogP contribution is -2.53. The highest BCUT2D eigenvalue weighted by Gasteiger charge is 2.35. The van der Waals surface area contributed by atoms with Gasteiger partial charge in [0.1, 0.15) is 6.04 Å². The molecule has 0 saturated carbocycles. The van der Waals surface area contributed by atoms with Crippen molar-refractivity contribution in [2.75, 3.05) is 38.2 Å². The third-order valence-electron chi connectivity index (χ3n) is 4.64. The van der Waals surface area contributed by atoms with E-state index in [1.807, 2.05) is 30.3 Å². The van der Waals surface area contributed by atoms with Crippen LogP contribution in [0.2, 0.25) is 0 Å². The number of rotatable bonds is 2. The van der Waals surface area contributed by atoms with Crippen LogP contribution in [-0.4, -0.2) is 60.6 Å². The van der Waals surface area contributed by atoms with Gasteiger partial charge in [0.25, 0.3) is 0 Å². The monoisotopic (exact) mass is 342 g/mol. The fourth-order valence-electron chi connectivity index (χ4n) is 3.30. The molecular weight excluding hydrogens is 320 g/mol. The second kappa shape index (κ2) is 7.99. The standard InChI is InChI=1S/C18H22N4O3/c19-11-16-13-25-10-9-22(16)17(23)14-5-4-8-21(12-14)18(24)20-15-6-2-1-3-7-15/h1-3,6-7,14,16H,4-5,8-10,12-13H2,(H,20,24)/t14-,16+/m0/s1. The first-order valence-electron chi connectivity index (χ1n) is 8.58. The first-order chi connectivity index (χ1) is 12.2. The average molecular weight is 342 g/mol. The van der Waals surface area contributed by atoms with Gasteiger partial charge in [-0.2, -0.15) is 5.26 Å². The minimum Gasteiger partial charge on any atom is -0.376 e. The summed E-state index contributed by atoms with van der Waals surface area (Å²) in [5.74, 6) is -0.309. The average Bonchev–Trinajstić information content (AvgIpc) is 2.68. The van der Waals surface area contributed by atoms with E-state index in [1.165, 1.54) is 0 Å². The van der Waals surface area contributed by atoms with E-state index >= 15 is 0 Å². The summed E-state index contributed by atoms with van der Waals surface area (Å²) in [6, 6.07) is 10.7. The molecule has 25 heavy (non-hydrogen) atoms. The number of carbonyl (C=O) groups excluding carboxylic acids is 2. The lowest BCUT2D eigenvalue weighted by atomic mass is 9.96. The van der Waals surface area contributed by atoms with Gasteiger partial charge in [-0.1, -0.05) is 18.2 Å². The maximum Gasteiger partial charge on any atom is 0.321 e. The third-order valence-corrected chi connectivity index (χ3v) is 4.64. The van der Waals surface area contributed by atoms with Crippen LogP contribution in [0.4, 0.5) is 10.5 Å². The molecule has 0 aliphatic carbocycles. The number of anilines is 1. The number of benzene rings is 1. The summed E-state index contributed by atoms with van der Waals surface area (Å²) in [6.45, 7) is 2.16. The van der Waals surface area contributed by atoms with Gasteiger partial charge >= 0.3 is 6.03 Å². The molecule has 2 heterocycles. The largest absolute Gasteiger partial charge is 0.376 e. The normalized spacial score (nSPS) is 23.6. The number of morpholine rings is 1. The smallest absolute Gasteiger partial charge is 0.321 e. The number of hydrogen-bond donors (Lipinski definition) is 1. The van der Waals surface area contributed by atoms with Crippen LogP contribution in [0.15, 0.2) is 30.3 Å². The van der Waals surface area contributed by atoms with Gasteiger partial charge < -0.3 is 19.9 Å². The Kier molecular flexibility index (Phi) is 5.51. The molecule has 7 heteroatoms. The predicted molar refractivity (Wildman–Crippen MR) is 91.7 cm³/mol. The van der Waals surface area contributed by atoms with E-state index < -0.39 is 6.04 Å². The zero-order valence-corrected chi connectivity index (χ0v) is 14.1. The number of ether oxygens (including phenoxy) is 1. The van der Waals surface area contributed by atoms with Crippen molar-refractivity contribution < 1.29 is 14.3 Å². The lowest BCUT2D eigenvalue weighted by molar-refractivity contribution is -0.143. The molecular formula is C18H22N4O3. The second-order valence-electron chi connectivity index (χ2n) is 6.33. The fraction of sp³-hybridized carbons (Fsp3) is 0.500. The van der Waals surface area contributed by atoms with Gasteiger partial charge in [0.2, 0.25) is 5.91 Å². The molecule has 0 unspecified atom stereocenters. The van der Waals surface area contributed by atoms with E-state index in [1.54, 1.807) is 9.80 Å².